The Labute approximate surface area is 153 Å². The summed E-state index contributed by atoms with van der Waals surface area (Å²) in [6.07, 6.45) is 3.76. The number of hydrogen-bond acceptors (Lipinski definition) is 4. The fourth-order valence-corrected chi connectivity index (χ4v) is 3.13. The number of piperidine rings is 1. The molecule has 2 aromatic rings. The predicted octanol–water partition coefficient (Wildman–Crippen LogP) is 3.60. The van der Waals surface area contributed by atoms with Crippen molar-refractivity contribution in [1.29, 1.82) is 0 Å². The number of ether oxygens (including phenoxy) is 1. The number of carbonyl (C=O) groups excluding carboxylic acids is 1. The first kappa shape index (κ1) is 18.5. The van der Waals surface area contributed by atoms with Crippen molar-refractivity contribution >= 4 is 5.91 Å². The van der Waals surface area contributed by atoms with Crippen molar-refractivity contribution in [3.8, 4) is 5.75 Å². The molecule has 140 valence electrons. The maximum atomic E-state index is 12.9. The van der Waals surface area contributed by atoms with Gasteiger partial charge in [0, 0.05) is 12.6 Å². The first-order chi connectivity index (χ1) is 12.6. The van der Waals surface area contributed by atoms with E-state index < -0.39 is 0 Å². The Morgan fingerprint density at radius 2 is 1.92 bits per heavy atom. The summed E-state index contributed by atoms with van der Waals surface area (Å²) in [4.78, 5) is 14.7. The molecule has 1 aromatic heterocycles. The first-order valence-corrected chi connectivity index (χ1v) is 9.10. The van der Waals surface area contributed by atoms with Crippen molar-refractivity contribution in [3.63, 3.8) is 0 Å². The largest absolute Gasteiger partial charge is 0.486 e. The first-order valence-electron chi connectivity index (χ1n) is 9.10. The Hall–Kier alpha value is -2.34. The van der Waals surface area contributed by atoms with Crippen LogP contribution >= 0.6 is 0 Å². The molecule has 1 atom stereocenters. The zero-order valence-electron chi connectivity index (χ0n) is 15.0. The Morgan fingerprint density at radius 3 is 2.65 bits per heavy atom. The van der Waals surface area contributed by atoms with E-state index in [0.29, 0.717) is 11.5 Å². The van der Waals surface area contributed by atoms with E-state index in [2.05, 4.69) is 10.2 Å². The molecule has 0 bridgehead atoms. The van der Waals surface area contributed by atoms with Gasteiger partial charge in [-0.05, 0) is 69.3 Å². The minimum Gasteiger partial charge on any atom is -0.486 e. The number of nitrogens with zero attached hydrogens (tertiary/aromatic N) is 1. The highest BCUT2D eigenvalue weighted by atomic mass is 19.1. The van der Waals surface area contributed by atoms with Gasteiger partial charge in [0.15, 0.2) is 5.76 Å². The van der Waals surface area contributed by atoms with Gasteiger partial charge in [0.25, 0.3) is 5.91 Å². The third kappa shape index (κ3) is 5.33. The molecule has 1 amide bonds. The topological polar surface area (TPSA) is 54.7 Å². The van der Waals surface area contributed by atoms with Crippen LogP contribution in [0.4, 0.5) is 4.39 Å². The van der Waals surface area contributed by atoms with Gasteiger partial charge in [0.2, 0.25) is 0 Å². The number of hydrogen-bond donors (Lipinski definition) is 1. The van der Waals surface area contributed by atoms with Crippen molar-refractivity contribution in [2.75, 3.05) is 19.6 Å². The molecule has 2 heterocycles. The van der Waals surface area contributed by atoms with Gasteiger partial charge >= 0.3 is 0 Å². The average Bonchev–Trinajstić information content (AvgIpc) is 3.11. The second-order valence-corrected chi connectivity index (χ2v) is 6.74. The normalized spacial score (nSPS) is 16.2. The Balaban J connectivity index is 1.46. The van der Waals surface area contributed by atoms with E-state index in [4.69, 9.17) is 9.15 Å². The van der Waals surface area contributed by atoms with Crippen molar-refractivity contribution in [2.24, 2.45) is 0 Å². The van der Waals surface area contributed by atoms with Gasteiger partial charge in [-0.15, -0.1) is 0 Å². The summed E-state index contributed by atoms with van der Waals surface area (Å²) in [5.74, 6) is 0.829. The second-order valence-electron chi connectivity index (χ2n) is 6.74. The number of carbonyl (C=O) groups is 1. The maximum absolute atomic E-state index is 12.9. The van der Waals surface area contributed by atoms with Crippen LogP contribution in [0.1, 0.15) is 42.5 Å². The molecule has 0 aliphatic carbocycles. The molecule has 6 heteroatoms. The van der Waals surface area contributed by atoms with Crippen LogP contribution in [-0.4, -0.2) is 36.5 Å². The van der Waals surface area contributed by atoms with Gasteiger partial charge in [0.1, 0.15) is 23.9 Å². The smallest absolute Gasteiger partial charge is 0.287 e. The highest BCUT2D eigenvalue weighted by Crippen LogP contribution is 2.15. The lowest BCUT2D eigenvalue weighted by Gasteiger charge is -2.29. The monoisotopic (exact) mass is 360 g/mol. The fourth-order valence-electron chi connectivity index (χ4n) is 3.13. The standard InChI is InChI=1S/C20H25FN2O3/c1-15(13-23-11-3-2-4-12-23)22-20(24)19-10-9-18(26-19)14-25-17-7-5-16(21)6-8-17/h5-10,15H,2-4,11-14H2,1H3,(H,22,24). The zero-order chi connectivity index (χ0) is 18.4. The van der Waals surface area contributed by atoms with E-state index >= 15 is 0 Å². The van der Waals surface area contributed by atoms with Crippen LogP contribution in [-0.2, 0) is 6.61 Å². The van der Waals surface area contributed by atoms with E-state index in [-0.39, 0.29) is 30.1 Å². The summed E-state index contributed by atoms with van der Waals surface area (Å²) in [5.41, 5.74) is 0. The van der Waals surface area contributed by atoms with E-state index in [1.165, 1.54) is 31.4 Å². The van der Waals surface area contributed by atoms with Crippen LogP contribution in [0.3, 0.4) is 0 Å². The predicted molar refractivity (Wildman–Crippen MR) is 96.7 cm³/mol. The molecule has 0 spiro atoms. The van der Waals surface area contributed by atoms with Gasteiger partial charge in [-0.2, -0.15) is 0 Å². The van der Waals surface area contributed by atoms with E-state index in [0.717, 1.165) is 19.6 Å². The van der Waals surface area contributed by atoms with E-state index in [9.17, 15) is 9.18 Å². The Kier molecular flexibility index (Phi) is 6.28. The van der Waals surface area contributed by atoms with Crippen LogP contribution in [0, 0.1) is 5.82 Å². The lowest BCUT2D eigenvalue weighted by atomic mass is 10.1. The summed E-state index contributed by atoms with van der Waals surface area (Å²) in [6.45, 7) is 5.25. The van der Waals surface area contributed by atoms with Gasteiger partial charge in [-0.25, -0.2) is 4.39 Å². The fraction of sp³-hybridized carbons (Fsp3) is 0.450. The molecule has 0 saturated carbocycles. The second kappa shape index (κ2) is 8.85. The highest BCUT2D eigenvalue weighted by molar-refractivity contribution is 5.91. The average molecular weight is 360 g/mol. The van der Waals surface area contributed by atoms with Crippen molar-refractivity contribution in [3.05, 3.63) is 53.7 Å². The van der Waals surface area contributed by atoms with E-state index in [1.807, 2.05) is 6.92 Å². The molecule has 26 heavy (non-hydrogen) atoms. The number of rotatable bonds is 7. The summed E-state index contributed by atoms with van der Waals surface area (Å²) in [7, 11) is 0. The minimum atomic E-state index is -0.312. The molecule has 1 aliphatic rings. The van der Waals surface area contributed by atoms with Crippen molar-refractivity contribution in [1.82, 2.24) is 10.2 Å². The van der Waals surface area contributed by atoms with Crippen molar-refractivity contribution < 1.29 is 18.3 Å². The molecule has 5 nitrogen and oxygen atoms in total. The molecule has 1 saturated heterocycles. The van der Waals surface area contributed by atoms with Gasteiger partial charge in [-0.1, -0.05) is 6.42 Å². The lowest BCUT2D eigenvalue weighted by molar-refractivity contribution is 0.0893. The number of likely N-dealkylation sites (tertiary alicyclic amines) is 1. The molecular formula is C20H25FN2O3. The molecule has 0 radical (unpaired) electrons. The Bertz CT molecular complexity index is 708. The summed E-state index contributed by atoms with van der Waals surface area (Å²) >= 11 is 0. The van der Waals surface area contributed by atoms with Crippen LogP contribution in [0.2, 0.25) is 0 Å². The third-order valence-corrected chi connectivity index (χ3v) is 4.44. The van der Waals surface area contributed by atoms with Crippen molar-refractivity contribution in [2.45, 2.75) is 38.8 Å². The number of halogens is 1. The number of nitrogens with one attached hydrogen (secondary N) is 1. The van der Waals surface area contributed by atoms with Gasteiger partial charge in [-0.3, -0.25) is 4.79 Å². The molecule has 1 fully saturated rings. The number of benzene rings is 1. The minimum absolute atomic E-state index is 0.0598. The zero-order valence-corrected chi connectivity index (χ0v) is 15.0. The van der Waals surface area contributed by atoms with Crippen LogP contribution in [0.15, 0.2) is 40.8 Å². The number of amides is 1. The van der Waals surface area contributed by atoms with Crippen LogP contribution in [0.25, 0.3) is 0 Å². The summed E-state index contributed by atoms with van der Waals surface area (Å²) in [6, 6.07) is 9.19. The molecule has 1 aliphatic heterocycles. The Morgan fingerprint density at radius 1 is 1.19 bits per heavy atom. The van der Waals surface area contributed by atoms with Gasteiger partial charge in [0.05, 0.1) is 0 Å². The van der Waals surface area contributed by atoms with Gasteiger partial charge < -0.3 is 19.4 Å². The third-order valence-electron chi connectivity index (χ3n) is 4.44. The highest BCUT2D eigenvalue weighted by Gasteiger charge is 2.17. The molecule has 1 N–H and O–H groups in total. The molecule has 3 rings (SSSR count). The molecule has 1 aromatic carbocycles. The SMILES string of the molecule is CC(CN1CCCCC1)NC(=O)c1ccc(COc2ccc(F)cc2)o1. The van der Waals surface area contributed by atoms with Crippen LogP contribution < -0.4 is 10.1 Å². The summed E-state index contributed by atoms with van der Waals surface area (Å²) < 4.78 is 24.0. The molecular weight excluding hydrogens is 335 g/mol. The molecule has 1 unspecified atom stereocenters. The summed E-state index contributed by atoms with van der Waals surface area (Å²) in [5, 5.41) is 2.98. The van der Waals surface area contributed by atoms with E-state index in [1.54, 1.807) is 24.3 Å². The maximum Gasteiger partial charge on any atom is 0.287 e. The lowest BCUT2D eigenvalue weighted by Crippen LogP contribution is -2.43. The quantitative estimate of drug-likeness (QED) is 0.820. The number of furan rings is 1. The van der Waals surface area contributed by atoms with Crippen LogP contribution in [0.5, 0.6) is 5.75 Å².